The molecule has 1 heterocycles. The molecule has 1 unspecified atom stereocenters. The normalized spacial score (nSPS) is 26.5. The van der Waals surface area contributed by atoms with E-state index in [0.717, 1.165) is 25.7 Å². The van der Waals surface area contributed by atoms with Crippen molar-refractivity contribution in [2.75, 3.05) is 13.1 Å². The second kappa shape index (κ2) is 4.74. The van der Waals surface area contributed by atoms with Crippen LogP contribution in [0.4, 0.5) is 18.0 Å². The van der Waals surface area contributed by atoms with Gasteiger partial charge in [-0.3, -0.25) is 0 Å². The fraction of sp³-hybridized carbons (Fsp3) is 0.909. The van der Waals surface area contributed by atoms with E-state index < -0.39 is 18.2 Å². The topological polar surface area (TPSA) is 29.5 Å². The lowest BCUT2D eigenvalue weighted by molar-refractivity contribution is -0.170. The van der Waals surface area contributed by atoms with Gasteiger partial charge in [0, 0.05) is 13.1 Å². The van der Waals surface area contributed by atoms with Crippen LogP contribution in [0.5, 0.6) is 0 Å². The maximum atomic E-state index is 12.4. The van der Waals surface area contributed by atoms with Crippen LogP contribution >= 0.6 is 0 Å². The van der Waals surface area contributed by atoms with E-state index in [1.165, 1.54) is 4.90 Å². The van der Waals surface area contributed by atoms with Crippen molar-refractivity contribution in [2.45, 2.75) is 44.4 Å². The molecule has 2 aliphatic rings. The van der Waals surface area contributed by atoms with Gasteiger partial charge in [-0.25, -0.2) is 4.79 Å². The number of carbonyl (C=O) groups is 1. The van der Waals surface area contributed by atoms with Gasteiger partial charge < -0.3 is 9.64 Å². The molecule has 0 bridgehead atoms. The molecule has 1 saturated carbocycles. The Morgan fingerprint density at radius 1 is 1.18 bits per heavy atom. The number of halogens is 3. The van der Waals surface area contributed by atoms with E-state index >= 15 is 0 Å². The lowest BCUT2D eigenvalue weighted by Crippen LogP contribution is -2.34. The SMILES string of the molecule is O=C(OC1CCCC1)N1CCC(C(F)(F)F)C1. The zero-order valence-corrected chi connectivity index (χ0v) is 9.50. The van der Waals surface area contributed by atoms with Crippen LogP contribution in [-0.4, -0.2) is 36.4 Å². The van der Waals surface area contributed by atoms with Gasteiger partial charge in [-0.1, -0.05) is 0 Å². The third-order valence-electron chi connectivity index (χ3n) is 3.48. The number of likely N-dealkylation sites (tertiary alicyclic amines) is 1. The quantitative estimate of drug-likeness (QED) is 0.717. The number of rotatable bonds is 1. The molecule has 17 heavy (non-hydrogen) atoms. The predicted octanol–water partition coefficient (Wildman–Crippen LogP) is 2.95. The van der Waals surface area contributed by atoms with Crippen LogP contribution in [0, 0.1) is 5.92 Å². The molecule has 0 aromatic heterocycles. The average molecular weight is 251 g/mol. The maximum absolute atomic E-state index is 12.4. The molecule has 0 N–H and O–H groups in total. The highest BCUT2D eigenvalue weighted by molar-refractivity contribution is 5.68. The summed E-state index contributed by atoms with van der Waals surface area (Å²) in [5.74, 6) is -1.39. The molecule has 3 nitrogen and oxygen atoms in total. The summed E-state index contributed by atoms with van der Waals surface area (Å²) in [7, 11) is 0. The van der Waals surface area contributed by atoms with Gasteiger partial charge in [0.1, 0.15) is 6.10 Å². The minimum absolute atomic E-state index is 0.0106. The zero-order chi connectivity index (χ0) is 12.5. The van der Waals surface area contributed by atoms with Crippen molar-refractivity contribution in [3.63, 3.8) is 0 Å². The average Bonchev–Trinajstić information content (AvgIpc) is 2.85. The predicted molar refractivity (Wildman–Crippen MR) is 54.5 cm³/mol. The molecule has 1 aliphatic carbocycles. The molecule has 0 aromatic carbocycles. The van der Waals surface area contributed by atoms with E-state index in [-0.39, 0.29) is 25.6 Å². The Hall–Kier alpha value is -0.940. The molecule has 1 saturated heterocycles. The molecule has 0 radical (unpaired) electrons. The highest BCUT2D eigenvalue weighted by Crippen LogP contribution is 2.34. The first-order chi connectivity index (χ1) is 7.97. The number of amides is 1. The maximum Gasteiger partial charge on any atom is 0.410 e. The van der Waals surface area contributed by atoms with E-state index in [1.54, 1.807) is 0 Å². The van der Waals surface area contributed by atoms with Crippen LogP contribution in [0.2, 0.25) is 0 Å². The lowest BCUT2D eigenvalue weighted by atomic mass is 10.1. The summed E-state index contributed by atoms with van der Waals surface area (Å²) in [5, 5.41) is 0. The van der Waals surface area contributed by atoms with Crippen LogP contribution < -0.4 is 0 Å². The third-order valence-corrected chi connectivity index (χ3v) is 3.48. The van der Waals surface area contributed by atoms with Crippen molar-refractivity contribution in [3.8, 4) is 0 Å². The molecule has 0 spiro atoms. The van der Waals surface area contributed by atoms with Crippen molar-refractivity contribution < 1.29 is 22.7 Å². The summed E-state index contributed by atoms with van der Waals surface area (Å²) in [4.78, 5) is 12.8. The van der Waals surface area contributed by atoms with E-state index in [1.807, 2.05) is 0 Å². The van der Waals surface area contributed by atoms with Gasteiger partial charge >= 0.3 is 12.3 Å². The lowest BCUT2D eigenvalue weighted by Gasteiger charge is -2.20. The Balaban J connectivity index is 1.81. The zero-order valence-electron chi connectivity index (χ0n) is 9.50. The second-order valence-electron chi connectivity index (χ2n) is 4.76. The van der Waals surface area contributed by atoms with Gasteiger partial charge in [-0.2, -0.15) is 13.2 Å². The molecule has 2 fully saturated rings. The number of hydrogen-bond acceptors (Lipinski definition) is 2. The van der Waals surface area contributed by atoms with Gasteiger partial charge in [0.2, 0.25) is 0 Å². The standard InChI is InChI=1S/C11H16F3NO2/c12-11(13,14)8-5-6-15(7-8)10(16)17-9-3-1-2-4-9/h8-9H,1-7H2. The summed E-state index contributed by atoms with van der Waals surface area (Å²) in [6.45, 7) is -0.106. The minimum Gasteiger partial charge on any atom is -0.446 e. The van der Waals surface area contributed by atoms with Gasteiger partial charge in [0.05, 0.1) is 5.92 Å². The summed E-state index contributed by atoms with van der Waals surface area (Å²) in [6, 6.07) is 0. The monoisotopic (exact) mass is 251 g/mol. The molecular formula is C11H16F3NO2. The number of carbonyl (C=O) groups excluding carboxylic acids is 1. The van der Waals surface area contributed by atoms with Gasteiger partial charge in [-0.15, -0.1) is 0 Å². The Morgan fingerprint density at radius 2 is 1.82 bits per heavy atom. The molecule has 1 amide bonds. The molecule has 6 heteroatoms. The highest BCUT2D eigenvalue weighted by Gasteiger charge is 2.45. The highest BCUT2D eigenvalue weighted by atomic mass is 19.4. The van der Waals surface area contributed by atoms with Crippen molar-refractivity contribution in [2.24, 2.45) is 5.92 Å². The molecule has 0 aromatic rings. The van der Waals surface area contributed by atoms with E-state index in [4.69, 9.17) is 4.74 Å². The summed E-state index contributed by atoms with van der Waals surface area (Å²) in [6.07, 6.45) is -1.15. The first kappa shape index (κ1) is 12.5. The van der Waals surface area contributed by atoms with Gasteiger partial charge in [0.25, 0.3) is 0 Å². The van der Waals surface area contributed by atoms with Gasteiger partial charge in [-0.05, 0) is 32.1 Å². The van der Waals surface area contributed by atoms with E-state index in [0.29, 0.717) is 0 Å². The third kappa shape index (κ3) is 3.04. The number of alkyl halides is 3. The van der Waals surface area contributed by atoms with Crippen molar-refractivity contribution in [1.82, 2.24) is 4.90 Å². The molecule has 98 valence electrons. The van der Waals surface area contributed by atoms with Crippen LogP contribution in [0.15, 0.2) is 0 Å². The largest absolute Gasteiger partial charge is 0.446 e. The Morgan fingerprint density at radius 3 is 2.35 bits per heavy atom. The fourth-order valence-corrected chi connectivity index (χ4v) is 2.42. The molecular weight excluding hydrogens is 235 g/mol. The number of hydrogen-bond donors (Lipinski definition) is 0. The van der Waals surface area contributed by atoms with Crippen LogP contribution in [0.3, 0.4) is 0 Å². The van der Waals surface area contributed by atoms with E-state index in [9.17, 15) is 18.0 Å². The van der Waals surface area contributed by atoms with Crippen molar-refractivity contribution >= 4 is 6.09 Å². The number of ether oxygens (including phenoxy) is 1. The first-order valence-electron chi connectivity index (χ1n) is 5.99. The summed E-state index contributed by atoms with van der Waals surface area (Å²) < 4.78 is 42.4. The van der Waals surface area contributed by atoms with Crippen LogP contribution in [0.1, 0.15) is 32.1 Å². The van der Waals surface area contributed by atoms with Crippen LogP contribution in [0.25, 0.3) is 0 Å². The van der Waals surface area contributed by atoms with E-state index in [2.05, 4.69) is 0 Å². The Kier molecular flexibility index (Phi) is 3.49. The van der Waals surface area contributed by atoms with Gasteiger partial charge in [0.15, 0.2) is 0 Å². The first-order valence-corrected chi connectivity index (χ1v) is 5.99. The van der Waals surface area contributed by atoms with Crippen LogP contribution in [-0.2, 0) is 4.74 Å². The minimum atomic E-state index is -4.21. The molecule has 2 rings (SSSR count). The Labute approximate surface area is 97.9 Å². The molecule has 1 aliphatic heterocycles. The number of nitrogens with zero attached hydrogens (tertiary/aromatic N) is 1. The Bertz CT molecular complexity index is 287. The summed E-state index contributed by atoms with van der Waals surface area (Å²) >= 11 is 0. The van der Waals surface area contributed by atoms with Crippen molar-refractivity contribution in [3.05, 3.63) is 0 Å². The fourth-order valence-electron chi connectivity index (χ4n) is 2.42. The molecule has 1 atom stereocenters. The second-order valence-corrected chi connectivity index (χ2v) is 4.76. The summed E-state index contributed by atoms with van der Waals surface area (Å²) in [5.41, 5.74) is 0. The smallest absolute Gasteiger partial charge is 0.410 e. The van der Waals surface area contributed by atoms with Crippen molar-refractivity contribution in [1.29, 1.82) is 0 Å².